The van der Waals surface area contributed by atoms with E-state index in [0.717, 1.165) is 49.7 Å². The highest BCUT2D eigenvalue weighted by atomic mass is 16.7. The molecule has 6 heteroatoms. The smallest absolute Gasteiger partial charge is 0.171 e. The van der Waals surface area contributed by atoms with Crippen molar-refractivity contribution in [1.82, 2.24) is 9.97 Å². The van der Waals surface area contributed by atoms with E-state index in [-0.39, 0.29) is 5.79 Å². The van der Waals surface area contributed by atoms with Crippen LogP contribution >= 0.6 is 0 Å². The third-order valence-electron chi connectivity index (χ3n) is 4.98. The number of ether oxygens (including phenoxy) is 2. The summed E-state index contributed by atoms with van der Waals surface area (Å²) >= 11 is 0. The Morgan fingerprint density at radius 1 is 1.12 bits per heavy atom. The van der Waals surface area contributed by atoms with Crippen LogP contribution in [0.5, 0.6) is 0 Å². The molecule has 2 saturated heterocycles. The molecule has 1 N–H and O–H groups in total. The fourth-order valence-electron chi connectivity index (χ4n) is 3.54. The number of aromatic nitrogens is 2. The van der Waals surface area contributed by atoms with Gasteiger partial charge in [-0.25, -0.2) is 9.97 Å². The first-order valence-corrected chi connectivity index (χ1v) is 8.98. The number of piperidine rings is 1. The van der Waals surface area contributed by atoms with Gasteiger partial charge >= 0.3 is 0 Å². The molecule has 1 spiro atoms. The third-order valence-corrected chi connectivity index (χ3v) is 4.98. The summed E-state index contributed by atoms with van der Waals surface area (Å²) in [5, 5.41) is 3.42. The normalized spacial score (nSPS) is 19.3. The standard InChI is InChI=1S/C19H24N4O2/c1-2-15-5-3-4-6-16(15)22-17-13-18(21-14-20-17)23-9-7-19(8-10-23)24-11-12-25-19/h3-6,13-14H,2,7-12H2,1H3,(H,20,21,22). The fraction of sp³-hybridized carbons (Fsp3) is 0.474. The molecule has 3 heterocycles. The second-order valence-electron chi connectivity index (χ2n) is 6.49. The van der Waals surface area contributed by atoms with Crippen LogP contribution in [-0.4, -0.2) is 42.1 Å². The molecule has 0 bridgehead atoms. The molecule has 6 nitrogen and oxygen atoms in total. The number of rotatable bonds is 4. The second-order valence-corrected chi connectivity index (χ2v) is 6.49. The maximum Gasteiger partial charge on any atom is 0.171 e. The van der Waals surface area contributed by atoms with Gasteiger partial charge < -0.3 is 19.7 Å². The molecule has 2 aromatic rings. The van der Waals surface area contributed by atoms with Crippen molar-refractivity contribution in [1.29, 1.82) is 0 Å². The number of anilines is 3. The van der Waals surface area contributed by atoms with E-state index in [1.807, 2.05) is 12.1 Å². The van der Waals surface area contributed by atoms with E-state index < -0.39 is 0 Å². The topological polar surface area (TPSA) is 59.5 Å². The van der Waals surface area contributed by atoms with Crippen molar-refractivity contribution in [3.05, 3.63) is 42.2 Å². The first-order valence-electron chi connectivity index (χ1n) is 8.98. The number of hydrogen-bond donors (Lipinski definition) is 1. The van der Waals surface area contributed by atoms with Gasteiger partial charge in [0, 0.05) is 37.7 Å². The summed E-state index contributed by atoms with van der Waals surface area (Å²) in [5.41, 5.74) is 2.37. The van der Waals surface area contributed by atoms with E-state index in [9.17, 15) is 0 Å². The van der Waals surface area contributed by atoms with Crippen LogP contribution in [-0.2, 0) is 15.9 Å². The Labute approximate surface area is 148 Å². The number of aryl methyl sites for hydroxylation is 1. The number of nitrogens with one attached hydrogen (secondary N) is 1. The lowest BCUT2D eigenvalue weighted by Gasteiger charge is -2.38. The van der Waals surface area contributed by atoms with Crippen molar-refractivity contribution in [3.8, 4) is 0 Å². The van der Waals surface area contributed by atoms with Crippen molar-refractivity contribution >= 4 is 17.3 Å². The molecule has 1 aromatic heterocycles. The van der Waals surface area contributed by atoms with Crippen LogP contribution in [0.25, 0.3) is 0 Å². The largest absolute Gasteiger partial charge is 0.356 e. The summed E-state index contributed by atoms with van der Waals surface area (Å²) in [5.74, 6) is 1.41. The van der Waals surface area contributed by atoms with Crippen LogP contribution in [0.4, 0.5) is 17.3 Å². The number of benzene rings is 1. The van der Waals surface area contributed by atoms with Crippen LogP contribution in [0.3, 0.4) is 0 Å². The van der Waals surface area contributed by atoms with Gasteiger partial charge in [0.25, 0.3) is 0 Å². The summed E-state index contributed by atoms with van der Waals surface area (Å²) in [7, 11) is 0. The molecule has 4 rings (SSSR count). The average Bonchev–Trinajstić information content (AvgIpc) is 3.11. The number of para-hydroxylation sites is 1. The van der Waals surface area contributed by atoms with Crippen LogP contribution in [0.2, 0.25) is 0 Å². The molecule has 132 valence electrons. The SMILES string of the molecule is CCc1ccccc1Nc1cc(N2CCC3(CC2)OCCO3)ncn1. The molecular formula is C19H24N4O2. The molecule has 2 aliphatic rings. The van der Waals surface area contributed by atoms with Crippen LogP contribution in [0.1, 0.15) is 25.3 Å². The predicted molar refractivity (Wildman–Crippen MR) is 97.2 cm³/mol. The Bertz CT molecular complexity index is 721. The van der Waals surface area contributed by atoms with Crippen molar-refractivity contribution < 1.29 is 9.47 Å². The van der Waals surface area contributed by atoms with Crippen molar-refractivity contribution in [2.24, 2.45) is 0 Å². The van der Waals surface area contributed by atoms with Gasteiger partial charge in [-0.05, 0) is 18.1 Å². The highest BCUT2D eigenvalue weighted by Crippen LogP contribution is 2.33. The molecule has 2 aliphatic heterocycles. The van der Waals surface area contributed by atoms with Gasteiger partial charge in [0.2, 0.25) is 0 Å². The lowest BCUT2D eigenvalue weighted by Crippen LogP contribution is -2.45. The summed E-state index contributed by atoms with van der Waals surface area (Å²) in [4.78, 5) is 11.1. The van der Waals surface area contributed by atoms with Gasteiger partial charge in [0.15, 0.2) is 5.79 Å². The monoisotopic (exact) mass is 340 g/mol. The Hall–Kier alpha value is -2.18. The molecule has 0 saturated carbocycles. The lowest BCUT2D eigenvalue weighted by atomic mass is 10.0. The van der Waals surface area contributed by atoms with E-state index in [0.29, 0.717) is 13.2 Å². The lowest BCUT2D eigenvalue weighted by molar-refractivity contribution is -0.169. The Balaban J connectivity index is 1.46. The first kappa shape index (κ1) is 16.3. The molecule has 0 aliphatic carbocycles. The summed E-state index contributed by atoms with van der Waals surface area (Å²) < 4.78 is 11.6. The minimum Gasteiger partial charge on any atom is -0.356 e. The minimum absolute atomic E-state index is 0.356. The molecule has 0 atom stereocenters. The van der Waals surface area contributed by atoms with Crippen molar-refractivity contribution in [3.63, 3.8) is 0 Å². The van der Waals surface area contributed by atoms with Crippen molar-refractivity contribution in [2.75, 3.05) is 36.5 Å². The van der Waals surface area contributed by atoms with E-state index in [1.54, 1.807) is 6.33 Å². The molecular weight excluding hydrogens is 316 g/mol. The van der Waals surface area contributed by atoms with E-state index in [2.05, 4.69) is 45.3 Å². The summed E-state index contributed by atoms with van der Waals surface area (Å²) in [6.45, 7) is 5.32. The third kappa shape index (κ3) is 3.45. The molecule has 1 aromatic carbocycles. The summed E-state index contributed by atoms with van der Waals surface area (Å²) in [6, 6.07) is 10.3. The molecule has 0 radical (unpaired) electrons. The maximum atomic E-state index is 5.80. The van der Waals surface area contributed by atoms with E-state index >= 15 is 0 Å². The zero-order valence-electron chi connectivity index (χ0n) is 14.6. The second kappa shape index (κ2) is 6.98. The van der Waals surface area contributed by atoms with Gasteiger partial charge in [0.05, 0.1) is 13.2 Å². The quantitative estimate of drug-likeness (QED) is 0.923. The number of nitrogens with zero attached hydrogens (tertiary/aromatic N) is 3. The first-order chi connectivity index (χ1) is 12.3. The predicted octanol–water partition coefficient (Wildman–Crippen LogP) is 3.13. The average molecular weight is 340 g/mol. The highest BCUT2D eigenvalue weighted by molar-refractivity contribution is 5.62. The molecule has 25 heavy (non-hydrogen) atoms. The van der Waals surface area contributed by atoms with Crippen LogP contribution in [0, 0.1) is 0 Å². The molecule has 0 unspecified atom stereocenters. The van der Waals surface area contributed by atoms with E-state index in [4.69, 9.17) is 9.47 Å². The summed E-state index contributed by atoms with van der Waals surface area (Å²) in [6.07, 6.45) is 4.35. The Morgan fingerprint density at radius 3 is 2.64 bits per heavy atom. The molecule has 2 fully saturated rings. The van der Waals surface area contributed by atoms with Gasteiger partial charge in [0.1, 0.15) is 18.0 Å². The molecule has 0 amide bonds. The van der Waals surface area contributed by atoms with Crippen LogP contribution in [0.15, 0.2) is 36.7 Å². The van der Waals surface area contributed by atoms with Crippen LogP contribution < -0.4 is 10.2 Å². The fourth-order valence-corrected chi connectivity index (χ4v) is 3.54. The maximum absolute atomic E-state index is 5.80. The Morgan fingerprint density at radius 2 is 1.88 bits per heavy atom. The number of hydrogen-bond acceptors (Lipinski definition) is 6. The van der Waals surface area contributed by atoms with Gasteiger partial charge in [-0.1, -0.05) is 25.1 Å². The minimum atomic E-state index is -0.356. The van der Waals surface area contributed by atoms with Gasteiger partial charge in [-0.2, -0.15) is 0 Å². The zero-order chi connectivity index (χ0) is 17.1. The van der Waals surface area contributed by atoms with Gasteiger partial charge in [-0.15, -0.1) is 0 Å². The Kier molecular flexibility index (Phi) is 4.55. The zero-order valence-corrected chi connectivity index (χ0v) is 14.6. The van der Waals surface area contributed by atoms with Gasteiger partial charge in [-0.3, -0.25) is 0 Å². The van der Waals surface area contributed by atoms with Crippen molar-refractivity contribution in [2.45, 2.75) is 32.0 Å². The highest BCUT2D eigenvalue weighted by Gasteiger charge is 2.40. The van der Waals surface area contributed by atoms with E-state index in [1.165, 1.54) is 5.56 Å².